The fourth-order valence-electron chi connectivity index (χ4n) is 2.61. The summed E-state index contributed by atoms with van der Waals surface area (Å²) in [5.74, 6) is -0.486. The predicted molar refractivity (Wildman–Crippen MR) is 81.1 cm³/mol. The van der Waals surface area contributed by atoms with Crippen LogP contribution in [-0.4, -0.2) is 31.9 Å². The number of amides is 1. The summed E-state index contributed by atoms with van der Waals surface area (Å²) >= 11 is 0. The van der Waals surface area contributed by atoms with Crippen LogP contribution < -0.4 is 10.1 Å². The summed E-state index contributed by atoms with van der Waals surface area (Å²) in [6.07, 6.45) is 2.43. The van der Waals surface area contributed by atoms with Crippen LogP contribution in [0.3, 0.4) is 0 Å². The number of benzene rings is 1. The molecular weight excluding hydrogens is 328 g/mol. The third-order valence-electron chi connectivity index (χ3n) is 4.24. The highest BCUT2D eigenvalue weighted by Gasteiger charge is 2.53. The summed E-state index contributed by atoms with van der Waals surface area (Å²) in [5.41, 5.74) is 0.669. The van der Waals surface area contributed by atoms with Crippen molar-refractivity contribution in [1.82, 2.24) is 5.32 Å². The predicted octanol–water partition coefficient (Wildman–Crippen LogP) is 2.43. The van der Waals surface area contributed by atoms with E-state index in [9.17, 15) is 22.0 Å². The molecule has 0 spiro atoms. The van der Waals surface area contributed by atoms with Crippen molar-refractivity contribution in [2.45, 2.75) is 43.6 Å². The zero-order valence-corrected chi connectivity index (χ0v) is 13.7. The monoisotopic (exact) mass is 347 g/mol. The van der Waals surface area contributed by atoms with Crippen molar-refractivity contribution in [2.24, 2.45) is 0 Å². The molecule has 128 valence electrons. The second-order valence-electron chi connectivity index (χ2n) is 5.76. The Morgan fingerprint density at radius 2 is 1.83 bits per heavy atom. The molecule has 1 aromatic rings. The van der Waals surface area contributed by atoms with Gasteiger partial charge in [0.05, 0.1) is 6.04 Å². The quantitative estimate of drug-likeness (QED) is 0.858. The second-order valence-corrected chi connectivity index (χ2v) is 8.09. The molecule has 23 heavy (non-hydrogen) atoms. The van der Waals surface area contributed by atoms with Crippen LogP contribution in [0, 0.1) is 0 Å². The fraction of sp³-hybridized carbons (Fsp3) is 0.533. The van der Waals surface area contributed by atoms with E-state index >= 15 is 0 Å². The molecule has 1 fully saturated rings. The van der Waals surface area contributed by atoms with Crippen molar-refractivity contribution in [3.8, 4) is 5.75 Å². The molecule has 0 bridgehead atoms. The number of carbonyl (C=O) groups excluding carboxylic acids is 1. The molecule has 5 nitrogen and oxygen atoms in total. The van der Waals surface area contributed by atoms with E-state index in [4.69, 9.17) is 0 Å². The standard InChI is InChI=1S/C15H19F2NO4S/c1-10(11-4-6-12(7-5-11)22-14(16)17)18-13(19)15(8-3-9-15)23(2,20)21/h4-7,10,14H,3,8-9H2,1-2H3,(H,18,19)/t10-/m0/s1. The third-order valence-corrected chi connectivity index (χ3v) is 6.25. The SMILES string of the molecule is C[C@H](NC(=O)C1(S(C)(=O)=O)CCC1)c1ccc(OC(F)F)cc1. The van der Waals surface area contributed by atoms with Gasteiger partial charge >= 0.3 is 6.61 Å². The molecule has 1 saturated carbocycles. The highest BCUT2D eigenvalue weighted by Crippen LogP contribution is 2.39. The van der Waals surface area contributed by atoms with Crippen molar-refractivity contribution >= 4 is 15.7 Å². The number of alkyl halides is 2. The summed E-state index contributed by atoms with van der Waals surface area (Å²) < 4.78 is 50.9. The number of hydrogen-bond donors (Lipinski definition) is 1. The Morgan fingerprint density at radius 3 is 2.22 bits per heavy atom. The van der Waals surface area contributed by atoms with Crippen LogP contribution in [0.25, 0.3) is 0 Å². The molecule has 0 aliphatic heterocycles. The first-order valence-electron chi connectivity index (χ1n) is 7.21. The van der Waals surface area contributed by atoms with Crippen LogP contribution in [0.1, 0.15) is 37.8 Å². The highest BCUT2D eigenvalue weighted by molar-refractivity contribution is 7.93. The molecule has 1 aliphatic rings. The van der Waals surface area contributed by atoms with Crippen molar-refractivity contribution < 1.29 is 26.7 Å². The van der Waals surface area contributed by atoms with Gasteiger partial charge in [-0.3, -0.25) is 4.79 Å². The Kier molecular flexibility index (Phi) is 4.93. The molecule has 0 heterocycles. The van der Waals surface area contributed by atoms with Crippen LogP contribution in [0.5, 0.6) is 5.75 Å². The molecule has 2 rings (SSSR count). The average Bonchev–Trinajstić information content (AvgIpc) is 2.35. The largest absolute Gasteiger partial charge is 0.435 e. The first-order chi connectivity index (χ1) is 10.7. The van der Waals surface area contributed by atoms with E-state index in [1.165, 1.54) is 12.1 Å². The van der Waals surface area contributed by atoms with Crippen molar-refractivity contribution in [3.63, 3.8) is 0 Å². The maximum absolute atomic E-state index is 12.4. The summed E-state index contributed by atoms with van der Waals surface area (Å²) in [6, 6.07) is 5.41. The molecule has 1 atom stereocenters. The number of carbonyl (C=O) groups is 1. The van der Waals surface area contributed by atoms with Gasteiger partial charge < -0.3 is 10.1 Å². The van der Waals surface area contributed by atoms with Gasteiger partial charge in [0.1, 0.15) is 10.5 Å². The van der Waals surface area contributed by atoms with E-state index in [-0.39, 0.29) is 5.75 Å². The summed E-state index contributed by atoms with van der Waals surface area (Å²) in [7, 11) is -3.49. The number of halogens is 2. The topological polar surface area (TPSA) is 72.5 Å². The minimum atomic E-state index is -3.49. The lowest BCUT2D eigenvalue weighted by Crippen LogP contribution is -2.56. The Morgan fingerprint density at radius 1 is 1.26 bits per heavy atom. The summed E-state index contributed by atoms with van der Waals surface area (Å²) in [6.45, 7) is -1.19. The molecule has 0 unspecified atom stereocenters. The Labute approximate surface area is 133 Å². The molecule has 0 aromatic heterocycles. The van der Waals surface area contributed by atoms with Crippen LogP contribution in [0.2, 0.25) is 0 Å². The van der Waals surface area contributed by atoms with Crippen LogP contribution in [0.15, 0.2) is 24.3 Å². The number of ether oxygens (including phenoxy) is 1. The van der Waals surface area contributed by atoms with E-state index in [0.717, 1.165) is 6.26 Å². The van der Waals surface area contributed by atoms with Gasteiger partial charge in [0.25, 0.3) is 0 Å². The lowest BCUT2D eigenvalue weighted by Gasteiger charge is -2.38. The van der Waals surface area contributed by atoms with E-state index in [1.807, 2.05) is 0 Å². The van der Waals surface area contributed by atoms with Gasteiger partial charge in [-0.25, -0.2) is 8.42 Å². The number of hydrogen-bond acceptors (Lipinski definition) is 4. The van der Waals surface area contributed by atoms with Gasteiger partial charge in [0.2, 0.25) is 5.91 Å². The smallest absolute Gasteiger partial charge is 0.387 e. The first-order valence-corrected chi connectivity index (χ1v) is 9.10. The lowest BCUT2D eigenvalue weighted by molar-refractivity contribution is -0.126. The van der Waals surface area contributed by atoms with E-state index in [2.05, 4.69) is 10.1 Å². The van der Waals surface area contributed by atoms with Crippen molar-refractivity contribution in [1.29, 1.82) is 0 Å². The van der Waals surface area contributed by atoms with Crippen LogP contribution in [-0.2, 0) is 14.6 Å². The Hall–Kier alpha value is -1.70. The van der Waals surface area contributed by atoms with Crippen molar-refractivity contribution in [2.75, 3.05) is 6.26 Å². The van der Waals surface area contributed by atoms with E-state index in [1.54, 1.807) is 19.1 Å². The van der Waals surface area contributed by atoms with E-state index < -0.39 is 33.1 Å². The Balaban J connectivity index is 2.07. The zero-order chi connectivity index (χ0) is 17.3. The third kappa shape index (κ3) is 3.63. The highest BCUT2D eigenvalue weighted by atomic mass is 32.2. The molecular formula is C15H19F2NO4S. The van der Waals surface area contributed by atoms with Gasteiger partial charge in [0.15, 0.2) is 9.84 Å². The maximum atomic E-state index is 12.4. The number of rotatable bonds is 6. The Bertz CT molecular complexity index is 669. The van der Waals surface area contributed by atoms with Gasteiger partial charge in [0, 0.05) is 6.26 Å². The average molecular weight is 347 g/mol. The van der Waals surface area contributed by atoms with Gasteiger partial charge in [-0.15, -0.1) is 0 Å². The normalized spacial score (nSPS) is 18.1. The fourth-order valence-corrected chi connectivity index (χ4v) is 4.04. The number of nitrogens with one attached hydrogen (secondary N) is 1. The van der Waals surface area contributed by atoms with Gasteiger partial charge in [-0.1, -0.05) is 12.1 Å². The zero-order valence-electron chi connectivity index (χ0n) is 12.9. The molecule has 1 amide bonds. The first kappa shape index (κ1) is 17.7. The summed E-state index contributed by atoms with van der Waals surface area (Å²) in [4.78, 5) is 12.4. The molecule has 1 aliphatic carbocycles. The molecule has 0 saturated heterocycles. The van der Waals surface area contributed by atoms with Crippen molar-refractivity contribution in [3.05, 3.63) is 29.8 Å². The number of sulfone groups is 1. The molecule has 1 aromatic carbocycles. The second kappa shape index (κ2) is 6.43. The molecule has 8 heteroatoms. The minimum absolute atomic E-state index is 0.0221. The van der Waals surface area contributed by atoms with E-state index in [0.29, 0.717) is 24.8 Å². The minimum Gasteiger partial charge on any atom is -0.435 e. The van der Waals surface area contributed by atoms with Gasteiger partial charge in [-0.05, 0) is 43.9 Å². The van der Waals surface area contributed by atoms with Gasteiger partial charge in [-0.2, -0.15) is 8.78 Å². The van der Waals surface area contributed by atoms with Crippen LogP contribution >= 0.6 is 0 Å². The maximum Gasteiger partial charge on any atom is 0.387 e. The summed E-state index contributed by atoms with van der Waals surface area (Å²) in [5, 5.41) is 2.70. The van der Waals surface area contributed by atoms with Crippen LogP contribution in [0.4, 0.5) is 8.78 Å². The molecule has 1 N–H and O–H groups in total. The molecule has 0 radical (unpaired) electrons. The lowest BCUT2D eigenvalue weighted by atomic mass is 9.83.